The van der Waals surface area contributed by atoms with Crippen molar-refractivity contribution in [1.82, 2.24) is 29.6 Å². The zero-order valence-electron chi connectivity index (χ0n) is 17.9. The molecule has 5 rings (SSSR count). The lowest BCUT2D eigenvalue weighted by Crippen LogP contribution is -2.46. The van der Waals surface area contributed by atoms with Crippen LogP contribution in [-0.2, 0) is 13.1 Å². The van der Waals surface area contributed by atoms with Gasteiger partial charge in [0.25, 0.3) is 0 Å². The molecule has 9 heteroatoms. The molecule has 0 bridgehead atoms. The highest BCUT2D eigenvalue weighted by Gasteiger charge is 2.22. The van der Waals surface area contributed by atoms with Crippen molar-refractivity contribution in [2.45, 2.75) is 20.0 Å². The SMILES string of the molecule is Cc1nc(Cn2cc(CN3CCN(c4nccnc4-c4ccc(F)cc4)CC3)cn2)cs1. The second-order valence-electron chi connectivity index (χ2n) is 7.90. The van der Waals surface area contributed by atoms with Crippen molar-refractivity contribution in [3.8, 4) is 11.3 Å². The highest BCUT2D eigenvalue weighted by atomic mass is 32.1. The maximum Gasteiger partial charge on any atom is 0.155 e. The maximum absolute atomic E-state index is 13.3. The summed E-state index contributed by atoms with van der Waals surface area (Å²) in [5, 5.41) is 7.66. The Labute approximate surface area is 190 Å². The van der Waals surface area contributed by atoms with Gasteiger partial charge in [0, 0.05) is 67.8 Å². The van der Waals surface area contributed by atoms with Crippen molar-refractivity contribution >= 4 is 17.2 Å². The van der Waals surface area contributed by atoms with E-state index in [1.807, 2.05) is 17.8 Å². The van der Waals surface area contributed by atoms with E-state index >= 15 is 0 Å². The van der Waals surface area contributed by atoms with Crippen LogP contribution in [0, 0.1) is 12.7 Å². The van der Waals surface area contributed by atoms with Crippen molar-refractivity contribution < 1.29 is 4.39 Å². The molecule has 1 aliphatic heterocycles. The van der Waals surface area contributed by atoms with Crippen molar-refractivity contribution in [3.63, 3.8) is 0 Å². The number of halogens is 1. The van der Waals surface area contributed by atoms with Gasteiger partial charge in [0.15, 0.2) is 5.82 Å². The van der Waals surface area contributed by atoms with Crippen LogP contribution >= 0.6 is 11.3 Å². The molecule has 0 N–H and O–H groups in total. The van der Waals surface area contributed by atoms with E-state index in [2.05, 4.69) is 41.4 Å². The van der Waals surface area contributed by atoms with Crippen molar-refractivity contribution in [1.29, 1.82) is 0 Å². The average Bonchev–Trinajstić information content (AvgIpc) is 3.43. The molecule has 1 saturated heterocycles. The van der Waals surface area contributed by atoms with E-state index in [1.54, 1.807) is 35.9 Å². The molecule has 4 heterocycles. The molecule has 0 saturated carbocycles. The molecule has 3 aromatic heterocycles. The number of aryl methyl sites for hydroxylation is 1. The molecule has 0 radical (unpaired) electrons. The topological polar surface area (TPSA) is 63.0 Å². The average molecular weight is 450 g/mol. The summed E-state index contributed by atoms with van der Waals surface area (Å²) >= 11 is 1.67. The summed E-state index contributed by atoms with van der Waals surface area (Å²) in [7, 11) is 0. The van der Waals surface area contributed by atoms with Crippen LogP contribution in [0.3, 0.4) is 0 Å². The quantitative estimate of drug-likeness (QED) is 0.448. The Morgan fingerprint density at radius 2 is 1.78 bits per heavy atom. The summed E-state index contributed by atoms with van der Waals surface area (Å²) in [6, 6.07) is 6.43. The first-order chi connectivity index (χ1) is 15.6. The smallest absolute Gasteiger partial charge is 0.155 e. The fraction of sp³-hybridized carbons (Fsp3) is 0.304. The van der Waals surface area contributed by atoms with E-state index in [4.69, 9.17) is 0 Å². The number of rotatable bonds is 6. The molecular weight excluding hydrogens is 425 g/mol. The molecule has 164 valence electrons. The second-order valence-corrected chi connectivity index (χ2v) is 8.96. The molecule has 1 aliphatic rings. The summed E-state index contributed by atoms with van der Waals surface area (Å²) in [6.07, 6.45) is 7.45. The van der Waals surface area contributed by atoms with E-state index in [-0.39, 0.29) is 5.82 Å². The van der Waals surface area contributed by atoms with E-state index < -0.39 is 0 Å². The number of hydrogen-bond acceptors (Lipinski definition) is 7. The third kappa shape index (κ3) is 4.68. The number of thiazole rings is 1. The lowest BCUT2D eigenvalue weighted by molar-refractivity contribution is 0.249. The summed E-state index contributed by atoms with van der Waals surface area (Å²) < 4.78 is 15.3. The van der Waals surface area contributed by atoms with Crippen LogP contribution < -0.4 is 4.90 Å². The predicted molar refractivity (Wildman–Crippen MR) is 123 cm³/mol. The Morgan fingerprint density at radius 3 is 2.53 bits per heavy atom. The largest absolute Gasteiger partial charge is 0.352 e. The lowest BCUT2D eigenvalue weighted by atomic mass is 10.1. The van der Waals surface area contributed by atoms with E-state index in [1.165, 1.54) is 17.7 Å². The van der Waals surface area contributed by atoms with Gasteiger partial charge < -0.3 is 4.90 Å². The van der Waals surface area contributed by atoms with Gasteiger partial charge in [-0.2, -0.15) is 5.10 Å². The molecule has 1 fully saturated rings. The van der Waals surface area contributed by atoms with E-state index in [0.29, 0.717) is 6.54 Å². The van der Waals surface area contributed by atoms with Gasteiger partial charge in [0.1, 0.15) is 11.5 Å². The van der Waals surface area contributed by atoms with Gasteiger partial charge >= 0.3 is 0 Å². The minimum atomic E-state index is -0.252. The van der Waals surface area contributed by atoms with Gasteiger partial charge in [-0.05, 0) is 31.2 Å². The Morgan fingerprint density at radius 1 is 1.00 bits per heavy atom. The van der Waals surface area contributed by atoms with Gasteiger partial charge in [-0.25, -0.2) is 14.4 Å². The van der Waals surface area contributed by atoms with Crippen LogP contribution in [0.2, 0.25) is 0 Å². The second kappa shape index (κ2) is 9.13. The maximum atomic E-state index is 13.3. The van der Waals surface area contributed by atoms with Crippen LogP contribution in [-0.4, -0.2) is 55.8 Å². The van der Waals surface area contributed by atoms with Gasteiger partial charge in [0.2, 0.25) is 0 Å². The summed E-state index contributed by atoms with van der Waals surface area (Å²) in [5.41, 5.74) is 3.92. The minimum absolute atomic E-state index is 0.252. The summed E-state index contributed by atoms with van der Waals surface area (Å²) in [5.74, 6) is 0.600. The van der Waals surface area contributed by atoms with Crippen LogP contribution in [0.25, 0.3) is 11.3 Å². The number of anilines is 1. The van der Waals surface area contributed by atoms with Crippen LogP contribution in [0.1, 0.15) is 16.3 Å². The molecule has 0 amide bonds. The molecule has 32 heavy (non-hydrogen) atoms. The highest BCUT2D eigenvalue weighted by Crippen LogP contribution is 2.27. The first kappa shape index (κ1) is 20.7. The fourth-order valence-electron chi connectivity index (χ4n) is 3.97. The summed E-state index contributed by atoms with van der Waals surface area (Å²) in [6.45, 7) is 7.17. The Bertz CT molecular complexity index is 1180. The third-order valence-electron chi connectivity index (χ3n) is 5.55. The first-order valence-corrected chi connectivity index (χ1v) is 11.5. The van der Waals surface area contributed by atoms with Crippen molar-refractivity contribution in [2.75, 3.05) is 31.1 Å². The molecule has 4 aromatic rings. The Kier molecular flexibility index (Phi) is 5.91. The van der Waals surface area contributed by atoms with Gasteiger partial charge in [0.05, 0.1) is 23.4 Å². The van der Waals surface area contributed by atoms with Gasteiger partial charge in [-0.1, -0.05) is 0 Å². The van der Waals surface area contributed by atoms with Gasteiger partial charge in [-0.15, -0.1) is 11.3 Å². The summed E-state index contributed by atoms with van der Waals surface area (Å²) in [4.78, 5) is 18.3. The van der Waals surface area contributed by atoms with Crippen molar-refractivity contribution in [2.24, 2.45) is 0 Å². The molecule has 0 aliphatic carbocycles. The van der Waals surface area contributed by atoms with Crippen molar-refractivity contribution in [3.05, 3.63) is 76.5 Å². The lowest BCUT2D eigenvalue weighted by Gasteiger charge is -2.35. The molecule has 0 unspecified atom stereocenters. The minimum Gasteiger partial charge on any atom is -0.352 e. The number of hydrogen-bond donors (Lipinski definition) is 0. The van der Waals surface area contributed by atoms with Crippen LogP contribution in [0.15, 0.2) is 54.4 Å². The third-order valence-corrected chi connectivity index (χ3v) is 6.37. The molecule has 1 aromatic carbocycles. The van der Waals surface area contributed by atoms with Gasteiger partial charge in [-0.3, -0.25) is 14.6 Å². The Balaban J connectivity index is 1.21. The van der Waals surface area contributed by atoms with Crippen LogP contribution in [0.5, 0.6) is 0 Å². The number of benzene rings is 1. The standard InChI is InChI=1S/C23H24FN7S/c1-17-28-21(16-32-17)15-31-14-18(12-27-31)13-29-8-10-30(11-9-29)23-22(25-6-7-26-23)19-2-4-20(24)5-3-19/h2-7,12,14,16H,8-11,13,15H2,1H3. The monoisotopic (exact) mass is 449 g/mol. The normalized spacial score (nSPS) is 14.8. The Hall–Kier alpha value is -3.17. The molecule has 0 atom stereocenters. The predicted octanol–water partition coefficient (Wildman–Crippen LogP) is 3.61. The fourth-order valence-corrected chi connectivity index (χ4v) is 4.57. The molecule has 7 nitrogen and oxygen atoms in total. The van der Waals surface area contributed by atoms with Crippen LogP contribution in [0.4, 0.5) is 10.2 Å². The number of piperazine rings is 1. The molecule has 0 spiro atoms. The number of aromatic nitrogens is 5. The number of nitrogens with zero attached hydrogens (tertiary/aromatic N) is 7. The first-order valence-electron chi connectivity index (χ1n) is 10.6. The van der Waals surface area contributed by atoms with E-state index in [9.17, 15) is 4.39 Å². The molecular formula is C23H24FN7S. The zero-order chi connectivity index (χ0) is 21.9. The van der Waals surface area contributed by atoms with E-state index in [0.717, 1.165) is 60.5 Å². The zero-order valence-corrected chi connectivity index (χ0v) is 18.7. The highest BCUT2D eigenvalue weighted by molar-refractivity contribution is 7.09.